The lowest BCUT2D eigenvalue weighted by atomic mass is 10.2. The van der Waals surface area contributed by atoms with Crippen molar-refractivity contribution in [3.05, 3.63) is 41.8 Å². The van der Waals surface area contributed by atoms with Crippen LogP contribution in [0.1, 0.15) is 12.5 Å². The zero-order chi connectivity index (χ0) is 13.1. The molecular weight excluding hydrogens is 235 g/mol. The van der Waals surface area contributed by atoms with Gasteiger partial charge in [0.05, 0.1) is 12.2 Å². The first-order valence-electron chi connectivity index (χ1n) is 5.40. The highest BCUT2D eigenvalue weighted by atomic mass is 19.1. The van der Waals surface area contributed by atoms with Gasteiger partial charge in [0.25, 0.3) is 0 Å². The first-order valence-corrected chi connectivity index (χ1v) is 5.40. The van der Waals surface area contributed by atoms with E-state index in [2.05, 4.69) is 10.4 Å². The quantitative estimate of drug-likeness (QED) is 0.810. The van der Waals surface area contributed by atoms with Gasteiger partial charge in [0.2, 0.25) is 5.91 Å². The third kappa shape index (κ3) is 2.65. The van der Waals surface area contributed by atoms with Gasteiger partial charge in [-0.2, -0.15) is 5.10 Å². The standard InChI is InChI=1S/C12H13FN4O/c1-8(18)15-11-5-6-17(16-11)7-9-3-2-4-10(14)12(9)13/h2-6H,7,14H2,1H3,(H,15,16,18). The van der Waals surface area contributed by atoms with E-state index in [1.807, 2.05) is 0 Å². The van der Waals surface area contributed by atoms with Crippen LogP contribution < -0.4 is 11.1 Å². The van der Waals surface area contributed by atoms with E-state index >= 15 is 0 Å². The van der Waals surface area contributed by atoms with Crippen LogP contribution in [0.4, 0.5) is 15.9 Å². The van der Waals surface area contributed by atoms with Crippen LogP contribution in [0, 0.1) is 5.82 Å². The van der Waals surface area contributed by atoms with E-state index in [9.17, 15) is 9.18 Å². The van der Waals surface area contributed by atoms with Gasteiger partial charge in [0.1, 0.15) is 0 Å². The maximum absolute atomic E-state index is 13.7. The molecule has 1 aromatic heterocycles. The highest BCUT2D eigenvalue weighted by Gasteiger charge is 2.07. The summed E-state index contributed by atoms with van der Waals surface area (Å²) < 4.78 is 15.2. The van der Waals surface area contributed by atoms with Gasteiger partial charge in [-0.25, -0.2) is 4.39 Å². The van der Waals surface area contributed by atoms with E-state index in [-0.39, 0.29) is 18.1 Å². The Morgan fingerprint density at radius 2 is 2.28 bits per heavy atom. The molecule has 0 bridgehead atoms. The Labute approximate surface area is 103 Å². The van der Waals surface area contributed by atoms with Crippen molar-refractivity contribution < 1.29 is 9.18 Å². The molecule has 0 fully saturated rings. The molecule has 6 heteroatoms. The highest BCUT2D eigenvalue weighted by Crippen LogP contribution is 2.16. The Morgan fingerprint density at radius 1 is 1.50 bits per heavy atom. The van der Waals surface area contributed by atoms with Gasteiger partial charge in [-0.3, -0.25) is 9.48 Å². The van der Waals surface area contributed by atoms with Crippen LogP contribution in [-0.2, 0) is 11.3 Å². The number of rotatable bonds is 3. The number of benzene rings is 1. The van der Waals surface area contributed by atoms with Crippen molar-refractivity contribution in [2.45, 2.75) is 13.5 Å². The maximum Gasteiger partial charge on any atom is 0.222 e. The van der Waals surface area contributed by atoms with E-state index in [4.69, 9.17) is 5.73 Å². The van der Waals surface area contributed by atoms with Gasteiger partial charge in [-0.05, 0) is 6.07 Å². The van der Waals surface area contributed by atoms with Gasteiger partial charge in [-0.15, -0.1) is 0 Å². The van der Waals surface area contributed by atoms with Crippen molar-refractivity contribution in [3.8, 4) is 0 Å². The molecule has 0 atom stereocenters. The molecule has 0 aliphatic rings. The number of nitrogens with one attached hydrogen (secondary N) is 1. The largest absolute Gasteiger partial charge is 0.396 e. The van der Waals surface area contributed by atoms with E-state index in [1.54, 1.807) is 24.4 Å². The van der Waals surface area contributed by atoms with E-state index in [0.717, 1.165) is 0 Å². The Kier molecular flexibility index (Phi) is 3.27. The minimum absolute atomic E-state index is 0.113. The molecule has 3 N–H and O–H groups in total. The molecule has 0 aliphatic carbocycles. The topological polar surface area (TPSA) is 72.9 Å². The highest BCUT2D eigenvalue weighted by molar-refractivity contribution is 5.87. The Balaban J connectivity index is 2.16. The maximum atomic E-state index is 13.7. The molecule has 0 unspecified atom stereocenters. The third-order valence-corrected chi connectivity index (χ3v) is 2.39. The van der Waals surface area contributed by atoms with Gasteiger partial charge in [-0.1, -0.05) is 12.1 Å². The lowest BCUT2D eigenvalue weighted by molar-refractivity contribution is -0.114. The number of nitrogens with zero attached hydrogens (tertiary/aromatic N) is 2. The smallest absolute Gasteiger partial charge is 0.222 e. The average Bonchev–Trinajstić information content (AvgIpc) is 2.71. The molecule has 18 heavy (non-hydrogen) atoms. The second-order valence-corrected chi connectivity index (χ2v) is 3.90. The summed E-state index contributed by atoms with van der Waals surface area (Å²) in [5, 5.41) is 6.64. The molecule has 1 aromatic carbocycles. The number of carbonyl (C=O) groups is 1. The number of amides is 1. The molecule has 0 aliphatic heterocycles. The molecule has 0 spiro atoms. The molecule has 1 amide bonds. The van der Waals surface area contributed by atoms with Crippen LogP contribution in [-0.4, -0.2) is 15.7 Å². The predicted octanol–water partition coefficient (Wildman–Crippen LogP) is 1.61. The molecule has 0 saturated heterocycles. The van der Waals surface area contributed by atoms with Crippen molar-refractivity contribution >= 4 is 17.4 Å². The van der Waals surface area contributed by atoms with E-state index < -0.39 is 5.82 Å². The van der Waals surface area contributed by atoms with Crippen LogP contribution >= 0.6 is 0 Å². The fourth-order valence-electron chi connectivity index (χ4n) is 1.59. The molecule has 2 aromatic rings. The van der Waals surface area contributed by atoms with Crippen molar-refractivity contribution in [1.29, 1.82) is 0 Å². The first kappa shape index (κ1) is 12.1. The minimum atomic E-state index is -0.436. The predicted molar refractivity (Wildman–Crippen MR) is 66.4 cm³/mol. The Morgan fingerprint density at radius 3 is 3.00 bits per heavy atom. The summed E-state index contributed by atoms with van der Waals surface area (Å²) >= 11 is 0. The number of nitrogen functional groups attached to an aromatic ring is 1. The number of hydrogen-bond donors (Lipinski definition) is 2. The molecule has 94 valence electrons. The van der Waals surface area contributed by atoms with Crippen LogP contribution in [0.5, 0.6) is 0 Å². The fraction of sp³-hybridized carbons (Fsp3) is 0.167. The minimum Gasteiger partial charge on any atom is -0.396 e. The zero-order valence-corrected chi connectivity index (χ0v) is 9.85. The Hall–Kier alpha value is -2.37. The molecule has 0 radical (unpaired) electrons. The van der Waals surface area contributed by atoms with Gasteiger partial charge in [0.15, 0.2) is 11.6 Å². The summed E-state index contributed by atoms with van der Waals surface area (Å²) in [5.41, 5.74) is 6.05. The van der Waals surface area contributed by atoms with Gasteiger partial charge in [0, 0.05) is 24.8 Å². The summed E-state index contributed by atoms with van der Waals surface area (Å²) in [6, 6.07) is 6.48. The summed E-state index contributed by atoms with van der Waals surface area (Å²) in [7, 11) is 0. The van der Waals surface area contributed by atoms with Crippen LogP contribution in [0.3, 0.4) is 0 Å². The molecule has 5 nitrogen and oxygen atoms in total. The Bertz CT molecular complexity index is 579. The summed E-state index contributed by atoms with van der Waals surface area (Å²) in [6.45, 7) is 1.66. The lowest BCUT2D eigenvalue weighted by Crippen LogP contribution is -2.08. The summed E-state index contributed by atoms with van der Waals surface area (Å²) in [4.78, 5) is 10.8. The molecule has 1 heterocycles. The number of aromatic nitrogens is 2. The van der Waals surface area contributed by atoms with E-state index in [1.165, 1.54) is 17.7 Å². The second kappa shape index (κ2) is 4.87. The average molecular weight is 248 g/mol. The number of halogens is 1. The number of anilines is 2. The fourth-order valence-corrected chi connectivity index (χ4v) is 1.59. The summed E-state index contributed by atoms with van der Waals surface area (Å²) in [6.07, 6.45) is 1.66. The van der Waals surface area contributed by atoms with Crippen LogP contribution in [0.15, 0.2) is 30.5 Å². The monoisotopic (exact) mass is 248 g/mol. The number of carbonyl (C=O) groups excluding carboxylic acids is 1. The van der Waals surface area contributed by atoms with Crippen LogP contribution in [0.2, 0.25) is 0 Å². The molecule has 2 rings (SSSR count). The van der Waals surface area contributed by atoms with Crippen molar-refractivity contribution in [2.75, 3.05) is 11.1 Å². The lowest BCUT2D eigenvalue weighted by Gasteiger charge is -2.05. The van der Waals surface area contributed by atoms with Gasteiger partial charge < -0.3 is 11.1 Å². The molecular formula is C12H13FN4O. The number of hydrogen-bond acceptors (Lipinski definition) is 3. The van der Waals surface area contributed by atoms with Crippen molar-refractivity contribution in [1.82, 2.24) is 9.78 Å². The van der Waals surface area contributed by atoms with Crippen molar-refractivity contribution in [2.24, 2.45) is 0 Å². The normalized spacial score (nSPS) is 10.3. The third-order valence-electron chi connectivity index (χ3n) is 2.39. The van der Waals surface area contributed by atoms with E-state index in [0.29, 0.717) is 11.4 Å². The van der Waals surface area contributed by atoms with Gasteiger partial charge >= 0.3 is 0 Å². The summed E-state index contributed by atoms with van der Waals surface area (Å²) in [5.74, 6) is -0.198. The molecule has 0 saturated carbocycles. The zero-order valence-electron chi connectivity index (χ0n) is 9.85. The first-order chi connectivity index (χ1) is 8.56. The van der Waals surface area contributed by atoms with Crippen LogP contribution in [0.25, 0.3) is 0 Å². The number of nitrogens with two attached hydrogens (primary N) is 1. The van der Waals surface area contributed by atoms with Crippen molar-refractivity contribution in [3.63, 3.8) is 0 Å². The second-order valence-electron chi connectivity index (χ2n) is 3.90. The SMILES string of the molecule is CC(=O)Nc1ccn(Cc2cccc(N)c2F)n1.